The fraction of sp³-hybridized carbons (Fsp3) is 0.214. The summed E-state index contributed by atoms with van der Waals surface area (Å²) >= 11 is 5.99. The van der Waals surface area contributed by atoms with Gasteiger partial charge in [-0.2, -0.15) is 0 Å². The number of ether oxygens (including phenoxy) is 1. The van der Waals surface area contributed by atoms with E-state index >= 15 is 0 Å². The lowest BCUT2D eigenvalue weighted by atomic mass is 10.1. The van der Waals surface area contributed by atoms with E-state index in [4.69, 9.17) is 22.1 Å². The lowest BCUT2D eigenvalue weighted by Crippen LogP contribution is -1.97. The Morgan fingerprint density at radius 1 is 1.32 bits per heavy atom. The number of benzene rings is 1. The van der Waals surface area contributed by atoms with E-state index in [2.05, 4.69) is 4.98 Å². The number of halogens is 2. The van der Waals surface area contributed by atoms with Crippen molar-refractivity contribution >= 4 is 17.3 Å². The molecule has 0 aliphatic rings. The zero-order chi connectivity index (χ0) is 13.8. The van der Waals surface area contributed by atoms with Crippen molar-refractivity contribution in [3.8, 4) is 16.9 Å². The number of nitrogens with two attached hydrogens (primary N) is 1. The van der Waals surface area contributed by atoms with Gasteiger partial charge in [0, 0.05) is 11.1 Å². The van der Waals surface area contributed by atoms with Gasteiger partial charge in [-0.3, -0.25) is 0 Å². The van der Waals surface area contributed by atoms with Gasteiger partial charge >= 0.3 is 0 Å². The van der Waals surface area contributed by atoms with Crippen LogP contribution in [0.5, 0.6) is 5.75 Å². The number of hydrogen-bond acceptors (Lipinski definition) is 3. The Balaban J connectivity index is 2.45. The first-order valence-electron chi connectivity index (χ1n) is 5.95. The molecule has 0 spiro atoms. The molecular weight excluding hydrogens is 267 g/mol. The summed E-state index contributed by atoms with van der Waals surface area (Å²) in [5.74, 6) is 0.204. The molecule has 0 unspecified atom stereocenters. The lowest BCUT2D eigenvalue weighted by Gasteiger charge is -2.10. The molecule has 1 aromatic carbocycles. The average molecular weight is 281 g/mol. The van der Waals surface area contributed by atoms with Crippen molar-refractivity contribution in [2.75, 3.05) is 12.3 Å². The first-order valence-corrected chi connectivity index (χ1v) is 6.33. The highest BCUT2D eigenvalue weighted by atomic mass is 35.5. The molecule has 0 aliphatic carbocycles. The summed E-state index contributed by atoms with van der Waals surface area (Å²) in [6.45, 7) is 2.58. The maximum atomic E-state index is 13.9. The van der Waals surface area contributed by atoms with Gasteiger partial charge in [0.1, 0.15) is 16.7 Å². The summed E-state index contributed by atoms with van der Waals surface area (Å²) in [6, 6.07) is 6.13. The second kappa shape index (κ2) is 5.89. The fourth-order valence-corrected chi connectivity index (χ4v) is 1.88. The minimum atomic E-state index is -0.391. The Morgan fingerprint density at radius 3 is 2.84 bits per heavy atom. The largest absolute Gasteiger partial charge is 0.494 e. The summed E-state index contributed by atoms with van der Waals surface area (Å²) in [5, 5.41) is 0.209. The van der Waals surface area contributed by atoms with Gasteiger partial charge in [-0.05, 0) is 30.7 Å². The van der Waals surface area contributed by atoms with Crippen LogP contribution in [0.3, 0.4) is 0 Å². The van der Waals surface area contributed by atoms with Crippen LogP contribution in [0.25, 0.3) is 11.1 Å². The SMILES string of the molecule is CCCOc1ccc(F)c(-c2cc(N)cnc2Cl)c1. The molecule has 1 heterocycles. The highest BCUT2D eigenvalue weighted by molar-refractivity contribution is 6.32. The van der Waals surface area contributed by atoms with Gasteiger partial charge < -0.3 is 10.5 Å². The number of aromatic nitrogens is 1. The number of anilines is 1. The van der Waals surface area contributed by atoms with Gasteiger partial charge in [0.05, 0.1) is 18.5 Å². The molecule has 3 nitrogen and oxygen atoms in total. The molecular formula is C14H14ClFN2O. The Morgan fingerprint density at radius 2 is 2.11 bits per heavy atom. The summed E-state index contributed by atoms with van der Waals surface area (Å²) < 4.78 is 19.4. The maximum Gasteiger partial charge on any atom is 0.137 e. The molecule has 0 saturated carbocycles. The van der Waals surface area contributed by atoms with Gasteiger partial charge in [0.2, 0.25) is 0 Å². The van der Waals surface area contributed by atoms with Gasteiger partial charge in [-0.15, -0.1) is 0 Å². The second-order valence-corrected chi connectivity index (χ2v) is 4.46. The third-order valence-electron chi connectivity index (χ3n) is 2.56. The van der Waals surface area contributed by atoms with Crippen molar-refractivity contribution in [3.05, 3.63) is 41.4 Å². The molecule has 0 aliphatic heterocycles. The number of pyridine rings is 1. The molecule has 100 valence electrons. The van der Waals surface area contributed by atoms with E-state index in [0.717, 1.165) is 6.42 Å². The molecule has 0 fully saturated rings. The van der Waals surface area contributed by atoms with Crippen LogP contribution in [-0.4, -0.2) is 11.6 Å². The monoisotopic (exact) mass is 280 g/mol. The van der Waals surface area contributed by atoms with Crippen molar-refractivity contribution in [2.45, 2.75) is 13.3 Å². The maximum absolute atomic E-state index is 13.9. The van der Waals surface area contributed by atoms with Crippen LogP contribution in [0.4, 0.5) is 10.1 Å². The number of rotatable bonds is 4. The molecule has 2 rings (SSSR count). The van der Waals surface area contributed by atoms with Crippen molar-refractivity contribution in [3.63, 3.8) is 0 Å². The minimum absolute atomic E-state index is 0.209. The molecule has 0 bridgehead atoms. The third kappa shape index (κ3) is 3.15. The van der Waals surface area contributed by atoms with Gasteiger partial charge in [-0.25, -0.2) is 9.37 Å². The number of nitrogen functional groups attached to an aromatic ring is 1. The normalized spacial score (nSPS) is 10.5. The smallest absolute Gasteiger partial charge is 0.137 e. The Labute approximate surface area is 116 Å². The highest BCUT2D eigenvalue weighted by Crippen LogP contribution is 2.32. The van der Waals surface area contributed by atoms with Crippen molar-refractivity contribution in [2.24, 2.45) is 0 Å². The standard InChI is InChI=1S/C14H14ClFN2O/c1-2-5-19-10-3-4-13(16)11(7-10)12-6-9(17)8-18-14(12)15/h3-4,6-8H,2,5,17H2,1H3. The molecule has 1 aromatic heterocycles. The summed E-state index contributed by atoms with van der Waals surface area (Å²) in [6.07, 6.45) is 2.31. The van der Waals surface area contributed by atoms with Gasteiger partial charge in [0.15, 0.2) is 0 Å². The molecule has 0 saturated heterocycles. The van der Waals surface area contributed by atoms with E-state index in [0.29, 0.717) is 29.2 Å². The minimum Gasteiger partial charge on any atom is -0.494 e. The zero-order valence-electron chi connectivity index (χ0n) is 10.5. The fourth-order valence-electron chi connectivity index (χ4n) is 1.67. The van der Waals surface area contributed by atoms with Crippen LogP contribution in [0.15, 0.2) is 30.5 Å². The molecule has 5 heteroatoms. The van der Waals surface area contributed by atoms with Crippen LogP contribution < -0.4 is 10.5 Å². The lowest BCUT2D eigenvalue weighted by molar-refractivity contribution is 0.317. The Hall–Kier alpha value is -1.81. The van der Waals surface area contributed by atoms with Crippen LogP contribution in [0.1, 0.15) is 13.3 Å². The van der Waals surface area contributed by atoms with Crippen LogP contribution in [-0.2, 0) is 0 Å². The third-order valence-corrected chi connectivity index (χ3v) is 2.86. The van der Waals surface area contributed by atoms with Crippen LogP contribution >= 0.6 is 11.6 Å². The van der Waals surface area contributed by atoms with E-state index in [1.807, 2.05) is 6.92 Å². The van der Waals surface area contributed by atoms with E-state index in [-0.39, 0.29) is 5.15 Å². The van der Waals surface area contributed by atoms with E-state index < -0.39 is 5.82 Å². The summed E-state index contributed by atoms with van der Waals surface area (Å²) in [5.41, 5.74) is 6.88. The molecule has 19 heavy (non-hydrogen) atoms. The van der Waals surface area contributed by atoms with Crippen molar-refractivity contribution in [1.82, 2.24) is 4.98 Å². The first kappa shape index (κ1) is 13.6. The van der Waals surface area contributed by atoms with Crippen molar-refractivity contribution < 1.29 is 9.13 Å². The van der Waals surface area contributed by atoms with Crippen LogP contribution in [0.2, 0.25) is 5.15 Å². The Kier molecular flexibility index (Phi) is 4.22. The van der Waals surface area contributed by atoms with Crippen molar-refractivity contribution in [1.29, 1.82) is 0 Å². The average Bonchev–Trinajstić information content (AvgIpc) is 2.41. The van der Waals surface area contributed by atoms with E-state index in [1.54, 1.807) is 18.2 Å². The van der Waals surface area contributed by atoms with Gasteiger partial charge in [0.25, 0.3) is 0 Å². The first-order chi connectivity index (χ1) is 9.11. The predicted octanol–water partition coefficient (Wildman–Crippen LogP) is 3.91. The van der Waals surface area contributed by atoms with Gasteiger partial charge in [-0.1, -0.05) is 18.5 Å². The molecule has 0 amide bonds. The number of hydrogen-bond donors (Lipinski definition) is 1. The molecule has 2 N–H and O–H groups in total. The van der Waals surface area contributed by atoms with Crippen LogP contribution in [0, 0.1) is 5.82 Å². The quantitative estimate of drug-likeness (QED) is 0.864. The molecule has 2 aromatic rings. The Bertz CT molecular complexity index is 590. The second-order valence-electron chi connectivity index (χ2n) is 4.10. The zero-order valence-corrected chi connectivity index (χ0v) is 11.2. The summed E-state index contributed by atoms with van der Waals surface area (Å²) in [7, 11) is 0. The van der Waals surface area contributed by atoms with E-state index in [1.165, 1.54) is 12.3 Å². The highest BCUT2D eigenvalue weighted by Gasteiger charge is 2.12. The predicted molar refractivity (Wildman–Crippen MR) is 74.8 cm³/mol. The number of nitrogens with zero attached hydrogens (tertiary/aromatic N) is 1. The molecule has 0 atom stereocenters. The van der Waals surface area contributed by atoms with E-state index in [9.17, 15) is 4.39 Å². The topological polar surface area (TPSA) is 48.1 Å². The summed E-state index contributed by atoms with van der Waals surface area (Å²) in [4.78, 5) is 3.92. The molecule has 0 radical (unpaired) electrons.